The zero-order valence-corrected chi connectivity index (χ0v) is 15.2. The lowest BCUT2D eigenvalue weighted by Crippen LogP contribution is -2.26. The molecule has 2 aromatic rings. The van der Waals surface area contributed by atoms with Crippen molar-refractivity contribution in [2.24, 2.45) is 5.73 Å². The molecule has 0 bridgehead atoms. The fraction of sp³-hybridized carbons (Fsp3) is 0.400. The van der Waals surface area contributed by atoms with Crippen molar-refractivity contribution in [1.29, 1.82) is 0 Å². The number of hydrogen-bond donors (Lipinski definition) is 1. The van der Waals surface area contributed by atoms with Crippen molar-refractivity contribution in [3.8, 4) is 11.1 Å². The summed E-state index contributed by atoms with van der Waals surface area (Å²) >= 11 is 0. The molecule has 1 aromatic carbocycles. The molecule has 0 spiro atoms. The van der Waals surface area contributed by atoms with E-state index in [9.17, 15) is 14.0 Å². The Morgan fingerprint density at radius 1 is 1.15 bits per heavy atom. The Hall–Kier alpha value is -2.63. The number of carbonyl (C=O) groups is 2. The molecule has 1 saturated heterocycles. The number of carbonyl (C=O) groups excluding carboxylic acids is 2. The number of halogens is 1. The molecule has 0 radical (unpaired) electrons. The molecule has 5 nitrogen and oxygen atoms in total. The van der Waals surface area contributed by atoms with E-state index in [0.29, 0.717) is 25.1 Å². The maximum atomic E-state index is 13.3. The van der Waals surface area contributed by atoms with Crippen LogP contribution in [0.15, 0.2) is 24.3 Å². The average molecular weight is 357 g/mol. The SMILES string of the molecule is Cc1c(C(N)=O)c(-c2ccc(F)cc2)c(C)n1CCCN1CCCC1=O. The Morgan fingerprint density at radius 3 is 2.42 bits per heavy atom. The molecule has 1 fully saturated rings. The molecular formula is C20H24FN3O2. The highest BCUT2D eigenvalue weighted by Crippen LogP contribution is 2.32. The first-order chi connectivity index (χ1) is 12.4. The van der Waals surface area contributed by atoms with Crippen molar-refractivity contribution in [3.63, 3.8) is 0 Å². The lowest BCUT2D eigenvalue weighted by molar-refractivity contribution is -0.127. The highest BCUT2D eigenvalue weighted by atomic mass is 19.1. The van der Waals surface area contributed by atoms with Crippen molar-refractivity contribution < 1.29 is 14.0 Å². The van der Waals surface area contributed by atoms with Gasteiger partial charge in [-0.05, 0) is 44.4 Å². The summed E-state index contributed by atoms with van der Waals surface area (Å²) in [5.41, 5.74) is 9.37. The Labute approximate surface area is 152 Å². The summed E-state index contributed by atoms with van der Waals surface area (Å²) in [4.78, 5) is 25.7. The van der Waals surface area contributed by atoms with Crippen LogP contribution in [0.25, 0.3) is 11.1 Å². The van der Waals surface area contributed by atoms with Gasteiger partial charge >= 0.3 is 0 Å². The molecule has 3 rings (SSSR count). The van der Waals surface area contributed by atoms with Gasteiger partial charge in [-0.3, -0.25) is 9.59 Å². The van der Waals surface area contributed by atoms with Gasteiger partial charge < -0.3 is 15.2 Å². The van der Waals surface area contributed by atoms with E-state index in [2.05, 4.69) is 4.57 Å². The Kier molecular flexibility index (Phi) is 5.11. The number of nitrogens with two attached hydrogens (primary N) is 1. The molecule has 1 aromatic heterocycles. The van der Waals surface area contributed by atoms with Crippen molar-refractivity contribution in [1.82, 2.24) is 9.47 Å². The third-order valence-electron chi connectivity index (χ3n) is 5.14. The summed E-state index contributed by atoms with van der Waals surface area (Å²) in [5.74, 6) is -0.590. The first-order valence-electron chi connectivity index (χ1n) is 8.93. The lowest BCUT2D eigenvalue weighted by Gasteiger charge is -2.16. The van der Waals surface area contributed by atoms with Gasteiger partial charge in [0.15, 0.2) is 0 Å². The molecule has 2 heterocycles. The van der Waals surface area contributed by atoms with Crippen LogP contribution in [0.5, 0.6) is 0 Å². The molecule has 0 atom stereocenters. The van der Waals surface area contributed by atoms with Gasteiger partial charge in [0.2, 0.25) is 5.91 Å². The molecule has 6 heteroatoms. The number of benzene rings is 1. The smallest absolute Gasteiger partial charge is 0.251 e. The summed E-state index contributed by atoms with van der Waals surface area (Å²) in [5, 5.41) is 0. The van der Waals surface area contributed by atoms with Crippen molar-refractivity contribution in [2.45, 2.75) is 39.7 Å². The summed E-state index contributed by atoms with van der Waals surface area (Å²) in [7, 11) is 0. The maximum absolute atomic E-state index is 13.3. The molecule has 1 aliphatic rings. The first-order valence-corrected chi connectivity index (χ1v) is 8.93. The van der Waals surface area contributed by atoms with Crippen molar-refractivity contribution >= 4 is 11.8 Å². The zero-order chi connectivity index (χ0) is 18.8. The van der Waals surface area contributed by atoms with Gasteiger partial charge in [0, 0.05) is 43.0 Å². The van der Waals surface area contributed by atoms with E-state index in [0.717, 1.165) is 41.9 Å². The van der Waals surface area contributed by atoms with E-state index in [1.165, 1.54) is 12.1 Å². The van der Waals surface area contributed by atoms with E-state index in [1.54, 1.807) is 12.1 Å². The minimum Gasteiger partial charge on any atom is -0.366 e. The summed E-state index contributed by atoms with van der Waals surface area (Å²) in [6.45, 7) is 6.06. The maximum Gasteiger partial charge on any atom is 0.251 e. The third-order valence-corrected chi connectivity index (χ3v) is 5.14. The quantitative estimate of drug-likeness (QED) is 0.863. The summed E-state index contributed by atoms with van der Waals surface area (Å²) < 4.78 is 15.3. The van der Waals surface area contributed by atoms with Crippen LogP contribution in [0, 0.1) is 19.7 Å². The number of amides is 2. The van der Waals surface area contributed by atoms with E-state index < -0.39 is 5.91 Å². The Morgan fingerprint density at radius 2 is 1.85 bits per heavy atom. The summed E-state index contributed by atoms with van der Waals surface area (Å²) in [6.07, 6.45) is 2.38. The predicted octanol–water partition coefficient (Wildman–Crippen LogP) is 3.02. The van der Waals surface area contributed by atoms with E-state index >= 15 is 0 Å². The number of nitrogens with zero attached hydrogens (tertiary/aromatic N) is 2. The van der Waals surface area contributed by atoms with Crippen LogP contribution in [0.4, 0.5) is 4.39 Å². The molecule has 1 aliphatic heterocycles. The average Bonchev–Trinajstić information content (AvgIpc) is 3.11. The van der Waals surface area contributed by atoms with Gasteiger partial charge in [0.05, 0.1) is 5.56 Å². The van der Waals surface area contributed by atoms with E-state index in [4.69, 9.17) is 5.73 Å². The largest absolute Gasteiger partial charge is 0.366 e. The molecule has 0 unspecified atom stereocenters. The van der Waals surface area contributed by atoms with Crippen LogP contribution >= 0.6 is 0 Å². The van der Waals surface area contributed by atoms with Crippen LogP contribution in [-0.2, 0) is 11.3 Å². The van der Waals surface area contributed by atoms with Gasteiger partial charge in [-0.25, -0.2) is 4.39 Å². The number of rotatable bonds is 6. The second-order valence-electron chi connectivity index (χ2n) is 6.78. The highest BCUT2D eigenvalue weighted by molar-refractivity contribution is 6.02. The van der Waals surface area contributed by atoms with Gasteiger partial charge in [0.25, 0.3) is 5.91 Å². The van der Waals surface area contributed by atoms with E-state index in [1.807, 2.05) is 18.7 Å². The van der Waals surface area contributed by atoms with Crippen molar-refractivity contribution in [3.05, 3.63) is 47.0 Å². The van der Waals surface area contributed by atoms with Gasteiger partial charge in [-0.2, -0.15) is 0 Å². The minimum atomic E-state index is -0.488. The number of aromatic nitrogens is 1. The molecule has 0 aliphatic carbocycles. The van der Waals surface area contributed by atoms with Crippen LogP contribution in [0.3, 0.4) is 0 Å². The molecule has 2 amide bonds. The third kappa shape index (κ3) is 3.36. The van der Waals surface area contributed by atoms with Crippen LogP contribution in [0.1, 0.15) is 41.0 Å². The van der Waals surface area contributed by atoms with Crippen LogP contribution in [-0.4, -0.2) is 34.4 Å². The second kappa shape index (κ2) is 7.32. The monoisotopic (exact) mass is 357 g/mol. The molecule has 138 valence electrons. The Balaban J connectivity index is 1.88. The molecule has 0 saturated carbocycles. The van der Waals surface area contributed by atoms with Crippen LogP contribution in [0.2, 0.25) is 0 Å². The molecular weight excluding hydrogens is 333 g/mol. The zero-order valence-electron chi connectivity index (χ0n) is 15.2. The standard InChI is InChI=1S/C20H24FN3O2/c1-13-18(15-6-8-16(21)9-7-15)19(20(22)26)14(2)24(13)12-4-11-23-10-3-5-17(23)25/h6-9H,3-5,10-12H2,1-2H3,(H2,22,26). The minimum absolute atomic E-state index is 0.218. The first kappa shape index (κ1) is 18.2. The predicted molar refractivity (Wildman–Crippen MR) is 98.2 cm³/mol. The normalized spacial score (nSPS) is 14.3. The highest BCUT2D eigenvalue weighted by Gasteiger charge is 2.23. The van der Waals surface area contributed by atoms with Crippen LogP contribution < -0.4 is 5.73 Å². The summed E-state index contributed by atoms with van der Waals surface area (Å²) in [6, 6.07) is 6.09. The number of primary amides is 1. The molecule has 2 N–H and O–H groups in total. The molecule has 26 heavy (non-hydrogen) atoms. The fourth-order valence-corrected chi connectivity index (χ4v) is 3.85. The van der Waals surface area contributed by atoms with Gasteiger partial charge in [0.1, 0.15) is 5.82 Å². The van der Waals surface area contributed by atoms with Crippen molar-refractivity contribution in [2.75, 3.05) is 13.1 Å². The fourth-order valence-electron chi connectivity index (χ4n) is 3.85. The van der Waals surface area contributed by atoms with Gasteiger partial charge in [-0.15, -0.1) is 0 Å². The van der Waals surface area contributed by atoms with E-state index in [-0.39, 0.29) is 11.7 Å². The Bertz CT molecular complexity index is 840. The lowest BCUT2D eigenvalue weighted by atomic mass is 10.00. The topological polar surface area (TPSA) is 68.3 Å². The van der Waals surface area contributed by atoms with Gasteiger partial charge in [-0.1, -0.05) is 12.1 Å². The second-order valence-corrected chi connectivity index (χ2v) is 6.78. The number of hydrogen-bond acceptors (Lipinski definition) is 2. The number of likely N-dealkylation sites (tertiary alicyclic amines) is 1.